The summed E-state index contributed by atoms with van der Waals surface area (Å²) in [4.78, 5) is 24.1. The number of ether oxygens (including phenoxy) is 2. The highest BCUT2D eigenvalue weighted by Crippen LogP contribution is 2.13. The molecule has 9 heteroatoms. The fourth-order valence-corrected chi connectivity index (χ4v) is 2.00. The van der Waals surface area contributed by atoms with Gasteiger partial charge in [0.25, 0.3) is 11.6 Å². The number of rotatable bonds is 8. The summed E-state index contributed by atoms with van der Waals surface area (Å²) in [6, 6.07) is 5.45. The number of nitro benzene ring substituents is 1. The van der Waals surface area contributed by atoms with E-state index in [1.54, 1.807) is 19.1 Å². The van der Waals surface area contributed by atoms with Crippen LogP contribution in [0, 0.1) is 10.1 Å². The average Bonchev–Trinajstić information content (AvgIpc) is 2.54. The molecule has 1 amide bonds. The van der Waals surface area contributed by atoms with Gasteiger partial charge in [0.1, 0.15) is 0 Å². The third-order valence-corrected chi connectivity index (χ3v) is 3.32. The highest BCUT2D eigenvalue weighted by Gasteiger charge is 2.16. The minimum absolute atomic E-state index is 0.154. The summed E-state index contributed by atoms with van der Waals surface area (Å²) >= 11 is 5.21. The largest absolute Gasteiger partial charge is 0.383 e. The van der Waals surface area contributed by atoms with E-state index in [1.165, 1.54) is 24.3 Å². The Labute approximate surface area is 139 Å². The van der Waals surface area contributed by atoms with Crippen molar-refractivity contribution in [3.8, 4) is 0 Å². The smallest absolute Gasteiger partial charge is 0.270 e. The normalized spacial score (nSPS) is 10.2. The molecule has 126 valence electrons. The maximum absolute atomic E-state index is 12.2. The fraction of sp³-hybridized carbons (Fsp3) is 0.429. The second kappa shape index (κ2) is 9.82. The van der Waals surface area contributed by atoms with Crippen molar-refractivity contribution in [2.45, 2.75) is 0 Å². The van der Waals surface area contributed by atoms with Gasteiger partial charge in [0.05, 0.1) is 18.1 Å². The third kappa shape index (κ3) is 6.27. The topological polar surface area (TPSA) is 93.9 Å². The van der Waals surface area contributed by atoms with Gasteiger partial charge in [-0.3, -0.25) is 20.2 Å². The Hall–Kier alpha value is -2.10. The second-order valence-electron chi connectivity index (χ2n) is 4.54. The lowest BCUT2D eigenvalue weighted by atomic mass is 10.2. The summed E-state index contributed by atoms with van der Waals surface area (Å²) < 4.78 is 10.0. The van der Waals surface area contributed by atoms with Crippen LogP contribution in [-0.4, -0.2) is 61.4 Å². The van der Waals surface area contributed by atoms with E-state index >= 15 is 0 Å². The number of amides is 1. The van der Waals surface area contributed by atoms with Gasteiger partial charge >= 0.3 is 0 Å². The Kier molecular flexibility index (Phi) is 8.09. The highest BCUT2D eigenvalue weighted by atomic mass is 32.1. The number of hydrogen-bond donors (Lipinski definition) is 1. The zero-order valence-electron chi connectivity index (χ0n) is 13.0. The molecule has 23 heavy (non-hydrogen) atoms. The standard InChI is InChI=1S/C14H19N3O5S/c1-21-8-6-16(7-9-22-2)14(23)15-13(18)11-4-3-5-12(10-11)17(19)20/h3-5,10H,6-9H2,1-2H3,(H,15,18,23). The maximum atomic E-state index is 12.2. The molecule has 8 nitrogen and oxygen atoms in total. The van der Waals surface area contributed by atoms with E-state index in [4.69, 9.17) is 21.7 Å². The first-order valence-electron chi connectivity index (χ1n) is 6.82. The molecule has 0 aliphatic heterocycles. The Balaban J connectivity index is 2.74. The van der Waals surface area contributed by atoms with E-state index in [0.29, 0.717) is 26.3 Å². The fourth-order valence-electron chi connectivity index (χ4n) is 1.73. The van der Waals surface area contributed by atoms with Crippen molar-refractivity contribution in [3.05, 3.63) is 39.9 Å². The van der Waals surface area contributed by atoms with Crippen molar-refractivity contribution in [2.24, 2.45) is 0 Å². The maximum Gasteiger partial charge on any atom is 0.270 e. The molecule has 0 aromatic heterocycles. The van der Waals surface area contributed by atoms with E-state index in [2.05, 4.69) is 5.32 Å². The van der Waals surface area contributed by atoms with Gasteiger partial charge in [-0.2, -0.15) is 0 Å². The molecule has 1 aromatic carbocycles. The number of hydrogen-bond acceptors (Lipinski definition) is 6. The van der Waals surface area contributed by atoms with Crippen LogP contribution in [0.2, 0.25) is 0 Å². The number of nitro groups is 1. The molecule has 0 bridgehead atoms. The van der Waals surface area contributed by atoms with Crippen molar-refractivity contribution in [3.63, 3.8) is 0 Å². The van der Waals surface area contributed by atoms with Gasteiger partial charge in [-0.25, -0.2) is 0 Å². The summed E-state index contributed by atoms with van der Waals surface area (Å²) in [5.74, 6) is -0.501. The van der Waals surface area contributed by atoms with Crippen LogP contribution in [0.3, 0.4) is 0 Å². The summed E-state index contributed by atoms with van der Waals surface area (Å²) in [6.45, 7) is 1.87. The molecule has 0 atom stereocenters. The lowest BCUT2D eigenvalue weighted by Gasteiger charge is -2.24. The third-order valence-electron chi connectivity index (χ3n) is 2.96. The van der Waals surface area contributed by atoms with Crippen LogP contribution in [-0.2, 0) is 9.47 Å². The van der Waals surface area contributed by atoms with Crippen molar-refractivity contribution in [1.82, 2.24) is 10.2 Å². The molecule has 0 heterocycles. The molecule has 0 saturated carbocycles. The van der Waals surface area contributed by atoms with Crippen LogP contribution >= 0.6 is 12.2 Å². The van der Waals surface area contributed by atoms with E-state index in [1.807, 2.05) is 0 Å². The quantitative estimate of drug-likeness (QED) is 0.431. The predicted octanol–water partition coefficient (Wildman–Crippen LogP) is 1.20. The Morgan fingerprint density at radius 2 is 1.91 bits per heavy atom. The van der Waals surface area contributed by atoms with Crippen molar-refractivity contribution >= 4 is 28.9 Å². The Morgan fingerprint density at radius 3 is 2.43 bits per heavy atom. The molecule has 0 aliphatic rings. The number of benzene rings is 1. The number of carbonyl (C=O) groups is 1. The Bertz CT molecular complexity index is 559. The number of nitrogens with one attached hydrogen (secondary N) is 1. The van der Waals surface area contributed by atoms with Gasteiger partial charge in [-0.1, -0.05) is 6.07 Å². The summed E-state index contributed by atoms with van der Waals surface area (Å²) in [5, 5.41) is 13.5. The van der Waals surface area contributed by atoms with Crippen LogP contribution in [0.15, 0.2) is 24.3 Å². The molecular formula is C14H19N3O5S. The van der Waals surface area contributed by atoms with E-state index in [0.717, 1.165) is 0 Å². The van der Waals surface area contributed by atoms with Gasteiger partial charge < -0.3 is 14.4 Å². The average molecular weight is 341 g/mol. The molecule has 0 spiro atoms. The van der Waals surface area contributed by atoms with Gasteiger partial charge in [0.2, 0.25) is 0 Å². The van der Waals surface area contributed by atoms with Gasteiger partial charge in [-0.15, -0.1) is 0 Å². The number of thiocarbonyl (C=S) groups is 1. The van der Waals surface area contributed by atoms with Crippen LogP contribution in [0.5, 0.6) is 0 Å². The van der Waals surface area contributed by atoms with Crippen molar-refractivity contribution in [1.29, 1.82) is 0 Å². The monoisotopic (exact) mass is 341 g/mol. The number of nitrogens with zero attached hydrogens (tertiary/aromatic N) is 2. The molecular weight excluding hydrogens is 322 g/mol. The van der Waals surface area contributed by atoms with E-state index in [-0.39, 0.29) is 16.4 Å². The molecule has 0 aliphatic carbocycles. The number of methoxy groups -OCH3 is 2. The van der Waals surface area contributed by atoms with Crippen molar-refractivity contribution < 1.29 is 19.2 Å². The molecule has 0 unspecified atom stereocenters. The molecule has 0 radical (unpaired) electrons. The molecule has 1 N–H and O–H groups in total. The zero-order valence-corrected chi connectivity index (χ0v) is 13.8. The first-order chi connectivity index (χ1) is 11.0. The first-order valence-corrected chi connectivity index (χ1v) is 7.23. The minimum Gasteiger partial charge on any atom is -0.383 e. The lowest BCUT2D eigenvalue weighted by molar-refractivity contribution is -0.384. The van der Waals surface area contributed by atoms with Gasteiger partial charge in [0.15, 0.2) is 5.11 Å². The molecule has 0 fully saturated rings. The van der Waals surface area contributed by atoms with Gasteiger partial charge in [0, 0.05) is 45.0 Å². The number of carbonyl (C=O) groups excluding carboxylic acids is 1. The van der Waals surface area contributed by atoms with Crippen LogP contribution in [0.1, 0.15) is 10.4 Å². The molecule has 0 saturated heterocycles. The second-order valence-corrected chi connectivity index (χ2v) is 4.93. The summed E-state index contributed by atoms with van der Waals surface area (Å²) in [5.41, 5.74) is 0.0131. The summed E-state index contributed by atoms with van der Waals surface area (Å²) in [6.07, 6.45) is 0. The first kappa shape index (κ1) is 18.9. The highest BCUT2D eigenvalue weighted by molar-refractivity contribution is 7.80. The van der Waals surface area contributed by atoms with Crippen LogP contribution in [0.25, 0.3) is 0 Å². The Morgan fingerprint density at radius 1 is 1.30 bits per heavy atom. The summed E-state index contributed by atoms with van der Waals surface area (Å²) in [7, 11) is 3.14. The lowest BCUT2D eigenvalue weighted by Crippen LogP contribution is -2.45. The SMILES string of the molecule is COCCN(CCOC)C(=S)NC(=O)c1cccc([N+](=O)[O-])c1. The van der Waals surface area contributed by atoms with E-state index < -0.39 is 10.8 Å². The van der Waals surface area contributed by atoms with E-state index in [9.17, 15) is 14.9 Å². The van der Waals surface area contributed by atoms with Crippen LogP contribution in [0.4, 0.5) is 5.69 Å². The minimum atomic E-state index is -0.557. The van der Waals surface area contributed by atoms with Crippen molar-refractivity contribution in [2.75, 3.05) is 40.5 Å². The van der Waals surface area contributed by atoms with Crippen LogP contribution < -0.4 is 5.32 Å². The number of non-ortho nitro benzene ring substituents is 1. The van der Waals surface area contributed by atoms with Gasteiger partial charge in [-0.05, 0) is 18.3 Å². The molecule has 1 aromatic rings. The predicted molar refractivity (Wildman–Crippen MR) is 88.5 cm³/mol. The molecule has 1 rings (SSSR count). The zero-order chi connectivity index (χ0) is 17.2.